The third kappa shape index (κ3) is 4.68. The number of carbonyl (C=O) groups excluding carboxylic acids is 1. The van der Waals surface area contributed by atoms with Crippen LogP contribution in [0, 0.1) is 0 Å². The van der Waals surface area contributed by atoms with E-state index in [9.17, 15) is 4.79 Å². The summed E-state index contributed by atoms with van der Waals surface area (Å²) in [6.45, 7) is 0.339. The molecule has 0 aliphatic carbocycles. The molecule has 0 bridgehead atoms. The van der Waals surface area contributed by atoms with Gasteiger partial charge in [-0.05, 0) is 29.6 Å². The first-order chi connectivity index (χ1) is 7.72. The Morgan fingerprint density at radius 1 is 1.56 bits per heavy atom. The number of carbonyl (C=O) groups is 1. The Hall–Kier alpha value is -1.71. The number of benzene rings is 1. The van der Waals surface area contributed by atoms with E-state index in [-0.39, 0.29) is 12.5 Å². The first kappa shape index (κ1) is 12.4. The second-order valence-corrected chi connectivity index (χ2v) is 3.56. The Bertz CT molecular complexity index is 415. The number of hydrogen-bond acceptors (Lipinski definition) is 2. The Balaban J connectivity index is 2.30. The number of amides is 1. The molecule has 0 radical (unpaired) electrons. The van der Waals surface area contributed by atoms with Crippen molar-refractivity contribution in [1.82, 2.24) is 5.32 Å². The standard InChI is InChI=1S/C10H11ClN4O/c11-9-3-1-2-8(6-9)4-5-13-10(16)7-14-15-12/h1-3,6H,4-5,7H2,(H,13,16). The van der Waals surface area contributed by atoms with Crippen LogP contribution in [0.4, 0.5) is 0 Å². The van der Waals surface area contributed by atoms with Crippen molar-refractivity contribution in [3.05, 3.63) is 45.3 Å². The van der Waals surface area contributed by atoms with Gasteiger partial charge in [-0.3, -0.25) is 4.79 Å². The maximum Gasteiger partial charge on any atom is 0.225 e. The Morgan fingerprint density at radius 3 is 3.06 bits per heavy atom. The molecule has 16 heavy (non-hydrogen) atoms. The van der Waals surface area contributed by atoms with E-state index in [1.807, 2.05) is 18.2 Å². The van der Waals surface area contributed by atoms with E-state index in [2.05, 4.69) is 15.3 Å². The number of nitrogens with zero attached hydrogens (tertiary/aromatic N) is 3. The van der Waals surface area contributed by atoms with Crippen LogP contribution in [-0.2, 0) is 11.2 Å². The lowest BCUT2D eigenvalue weighted by molar-refractivity contribution is -0.119. The molecule has 0 unspecified atom stereocenters. The molecule has 1 aromatic carbocycles. The zero-order chi connectivity index (χ0) is 11.8. The van der Waals surface area contributed by atoms with Crippen LogP contribution in [-0.4, -0.2) is 19.0 Å². The Morgan fingerprint density at radius 2 is 2.38 bits per heavy atom. The number of halogens is 1. The van der Waals surface area contributed by atoms with Gasteiger partial charge in [0, 0.05) is 16.5 Å². The summed E-state index contributed by atoms with van der Waals surface area (Å²) in [5.41, 5.74) is 9.07. The highest BCUT2D eigenvalue weighted by Crippen LogP contribution is 2.10. The summed E-state index contributed by atoms with van der Waals surface area (Å²) >= 11 is 5.81. The Kier molecular flexibility index (Phi) is 5.19. The molecule has 6 heteroatoms. The zero-order valence-corrected chi connectivity index (χ0v) is 9.31. The summed E-state index contributed by atoms with van der Waals surface area (Å²) in [6, 6.07) is 7.44. The molecule has 0 saturated heterocycles. The summed E-state index contributed by atoms with van der Waals surface area (Å²) < 4.78 is 0. The van der Waals surface area contributed by atoms with E-state index in [1.54, 1.807) is 6.07 Å². The van der Waals surface area contributed by atoms with E-state index in [0.29, 0.717) is 18.0 Å². The van der Waals surface area contributed by atoms with E-state index in [4.69, 9.17) is 17.1 Å². The van der Waals surface area contributed by atoms with Crippen molar-refractivity contribution >= 4 is 17.5 Å². The highest BCUT2D eigenvalue weighted by Gasteiger charge is 1.98. The molecule has 0 aliphatic rings. The van der Waals surface area contributed by atoms with Crippen LogP contribution in [0.15, 0.2) is 29.4 Å². The van der Waals surface area contributed by atoms with Gasteiger partial charge >= 0.3 is 0 Å². The van der Waals surface area contributed by atoms with E-state index >= 15 is 0 Å². The summed E-state index contributed by atoms with van der Waals surface area (Å²) in [5, 5.41) is 6.48. The summed E-state index contributed by atoms with van der Waals surface area (Å²) in [5.74, 6) is -0.278. The predicted octanol–water partition coefficient (Wildman–Crippen LogP) is 2.31. The minimum absolute atomic E-state index is 0.161. The third-order valence-corrected chi connectivity index (χ3v) is 2.14. The second-order valence-electron chi connectivity index (χ2n) is 3.12. The summed E-state index contributed by atoms with van der Waals surface area (Å²) in [4.78, 5) is 13.6. The van der Waals surface area contributed by atoms with Gasteiger partial charge in [0.05, 0.1) is 0 Å². The third-order valence-electron chi connectivity index (χ3n) is 1.90. The fourth-order valence-electron chi connectivity index (χ4n) is 1.19. The van der Waals surface area contributed by atoms with Crippen LogP contribution in [0.1, 0.15) is 5.56 Å². The van der Waals surface area contributed by atoms with Crippen molar-refractivity contribution in [2.75, 3.05) is 13.1 Å². The molecule has 84 valence electrons. The molecule has 0 spiro atoms. The summed E-state index contributed by atoms with van der Waals surface area (Å²) in [7, 11) is 0. The average Bonchev–Trinajstić information content (AvgIpc) is 2.26. The molecule has 1 amide bonds. The van der Waals surface area contributed by atoms with Crippen molar-refractivity contribution in [3.8, 4) is 0 Å². The average molecular weight is 239 g/mol. The van der Waals surface area contributed by atoms with Crippen LogP contribution in [0.25, 0.3) is 10.4 Å². The number of azide groups is 1. The zero-order valence-electron chi connectivity index (χ0n) is 8.56. The molecule has 0 saturated carbocycles. The molecule has 0 aliphatic heterocycles. The molecule has 1 rings (SSSR count). The predicted molar refractivity (Wildman–Crippen MR) is 62.2 cm³/mol. The lowest BCUT2D eigenvalue weighted by atomic mass is 10.1. The van der Waals surface area contributed by atoms with Crippen LogP contribution in [0.2, 0.25) is 5.02 Å². The molecule has 0 heterocycles. The van der Waals surface area contributed by atoms with Crippen molar-refractivity contribution in [1.29, 1.82) is 0 Å². The number of rotatable bonds is 5. The van der Waals surface area contributed by atoms with Crippen LogP contribution < -0.4 is 5.32 Å². The molecule has 1 N–H and O–H groups in total. The number of hydrogen-bond donors (Lipinski definition) is 1. The van der Waals surface area contributed by atoms with E-state index in [0.717, 1.165) is 5.56 Å². The van der Waals surface area contributed by atoms with Gasteiger partial charge in [0.15, 0.2) is 0 Å². The van der Waals surface area contributed by atoms with Crippen LogP contribution in [0.3, 0.4) is 0 Å². The lowest BCUT2D eigenvalue weighted by Crippen LogP contribution is -2.27. The van der Waals surface area contributed by atoms with Gasteiger partial charge in [-0.1, -0.05) is 28.8 Å². The fraction of sp³-hybridized carbons (Fsp3) is 0.300. The van der Waals surface area contributed by atoms with Gasteiger partial charge in [-0.2, -0.15) is 0 Å². The fourth-order valence-corrected chi connectivity index (χ4v) is 1.40. The molecule has 0 fully saturated rings. The smallest absolute Gasteiger partial charge is 0.225 e. The molecule has 0 atom stereocenters. The quantitative estimate of drug-likeness (QED) is 0.477. The van der Waals surface area contributed by atoms with Crippen molar-refractivity contribution in [3.63, 3.8) is 0 Å². The Labute approximate surface area is 98.0 Å². The summed E-state index contributed by atoms with van der Waals surface area (Å²) in [6.07, 6.45) is 0.697. The van der Waals surface area contributed by atoms with Gasteiger partial charge in [-0.25, -0.2) is 0 Å². The first-order valence-electron chi connectivity index (χ1n) is 4.74. The van der Waals surface area contributed by atoms with Gasteiger partial charge in [-0.15, -0.1) is 0 Å². The molecular formula is C10H11ClN4O. The minimum atomic E-state index is -0.278. The molecular weight excluding hydrogens is 228 g/mol. The SMILES string of the molecule is [N-]=[N+]=NCC(=O)NCCc1cccc(Cl)c1. The topological polar surface area (TPSA) is 77.9 Å². The molecule has 0 aromatic heterocycles. The highest BCUT2D eigenvalue weighted by atomic mass is 35.5. The largest absolute Gasteiger partial charge is 0.356 e. The van der Waals surface area contributed by atoms with E-state index < -0.39 is 0 Å². The first-order valence-corrected chi connectivity index (χ1v) is 5.12. The monoisotopic (exact) mass is 238 g/mol. The van der Waals surface area contributed by atoms with Gasteiger partial charge in [0.1, 0.15) is 6.54 Å². The maximum atomic E-state index is 11.1. The molecule has 5 nitrogen and oxygen atoms in total. The van der Waals surface area contributed by atoms with Gasteiger partial charge in [0.2, 0.25) is 5.91 Å². The van der Waals surface area contributed by atoms with Crippen LogP contribution >= 0.6 is 11.6 Å². The number of nitrogens with one attached hydrogen (secondary N) is 1. The lowest BCUT2D eigenvalue weighted by Gasteiger charge is -2.03. The van der Waals surface area contributed by atoms with Gasteiger partial charge in [0.25, 0.3) is 0 Å². The highest BCUT2D eigenvalue weighted by molar-refractivity contribution is 6.30. The van der Waals surface area contributed by atoms with Crippen molar-refractivity contribution < 1.29 is 4.79 Å². The minimum Gasteiger partial charge on any atom is -0.356 e. The molecule has 1 aromatic rings. The van der Waals surface area contributed by atoms with Gasteiger partial charge < -0.3 is 5.32 Å². The van der Waals surface area contributed by atoms with Crippen molar-refractivity contribution in [2.45, 2.75) is 6.42 Å². The second kappa shape index (κ2) is 6.71. The van der Waals surface area contributed by atoms with Crippen LogP contribution in [0.5, 0.6) is 0 Å². The maximum absolute atomic E-state index is 11.1. The van der Waals surface area contributed by atoms with Crippen molar-refractivity contribution in [2.24, 2.45) is 5.11 Å². The normalized spacial score (nSPS) is 9.31. The van der Waals surface area contributed by atoms with E-state index in [1.165, 1.54) is 0 Å².